The molecular weight excluding hydrogens is 566 g/mol. The molecule has 3 fully saturated rings. The second kappa shape index (κ2) is 12.2. The van der Waals surface area contributed by atoms with Gasteiger partial charge in [0.25, 0.3) is 0 Å². The zero-order valence-corrected chi connectivity index (χ0v) is 24.2. The van der Waals surface area contributed by atoms with E-state index in [0.29, 0.717) is 18.1 Å². The molecule has 1 N–H and O–H groups in total. The van der Waals surface area contributed by atoms with Crippen LogP contribution < -0.4 is 10.2 Å². The van der Waals surface area contributed by atoms with Gasteiger partial charge in [0.05, 0.1) is 28.0 Å². The van der Waals surface area contributed by atoms with Gasteiger partial charge in [-0.2, -0.15) is 5.26 Å². The monoisotopic (exact) mass is 600 g/mol. The number of aromatic nitrogens is 1. The van der Waals surface area contributed by atoms with Crippen molar-refractivity contribution in [3.63, 3.8) is 0 Å². The van der Waals surface area contributed by atoms with Crippen molar-refractivity contribution in [1.29, 1.82) is 5.26 Å². The van der Waals surface area contributed by atoms with Crippen molar-refractivity contribution in [2.75, 3.05) is 29.5 Å². The predicted octanol–water partition coefficient (Wildman–Crippen LogP) is 5.98. The van der Waals surface area contributed by atoms with E-state index in [2.05, 4.69) is 16.4 Å². The fraction of sp³-hybridized carbons (Fsp3) is 0.433. The zero-order chi connectivity index (χ0) is 29.0. The van der Waals surface area contributed by atoms with Gasteiger partial charge in [0.1, 0.15) is 22.2 Å². The minimum Gasteiger partial charge on any atom is -0.369 e. The first-order valence-electron chi connectivity index (χ1n) is 13.9. The van der Waals surface area contributed by atoms with Crippen molar-refractivity contribution in [2.45, 2.75) is 50.5 Å². The maximum absolute atomic E-state index is 13.9. The molecule has 1 aromatic heterocycles. The number of nitrogens with zero attached hydrogens (tertiary/aromatic N) is 3. The highest BCUT2D eigenvalue weighted by molar-refractivity contribution is 7.91. The summed E-state index contributed by atoms with van der Waals surface area (Å²) in [6, 6.07) is 13.6. The number of carbonyl (C=O) groups excluding carboxylic acids is 1. The molecule has 7 nitrogen and oxygen atoms in total. The molecule has 218 valence electrons. The molecule has 2 aliphatic carbocycles. The molecule has 1 saturated heterocycles. The molecule has 11 heteroatoms. The molecule has 1 amide bonds. The van der Waals surface area contributed by atoms with E-state index in [1.165, 1.54) is 36.0 Å². The van der Waals surface area contributed by atoms with Crippen molar-refractivity contribution in [3.8, 4) is 27.1 Å². The van der Waals surface area contributed by atoms with Crippen molar-refractivity contribution >= 4 is 32.8 Å². The number of halogens is 2. The fourth-order valence-electron chi connectivity index (χ4n) is 5.12. The van der Waals surface area contributed by atoms with E-state index in [1.54, 1.807) is 6.20 Å². The molecule has 2 heterocycles. The van der Waals surface area contributed by atoms with Gasteiger partial charge >= 0.3 is 0 Å². The van der Waals surface area contributed by atoms with Crippen LogP contribution in [-0.4, -0.2) is 49.4 Å². The third-order valence-corrected chi connectivity index (χ3v) is 10.5. The number of nitrogens with one attached hydrogen (secondary N) is 1. The fourth-order valence-corrected chi connectivity index (χ4v) is 7.30. The van der Waals surface area contributed by atoms with Gasteiger partial charge in [0, 0.05) is 32.3 Å². The third-order valence-electron chi connectivity index (χ3n) is 7.85. The van der Waals surface area contributed by atoms with Gasteiger partial charge in [-0.1, -0.05) is 37.5 Å². The lowest BCUT2D eigenvalue weighted by Crippen LogP contribution is -2.40. The topological polar surface area (TPSA) is 103 Å². The predicted molar refractivity (Wildman–Crippen MR) is 158 cm³/mol. The Hall–Kier alpha value is -3.36. The number of amides is 1. The number of sulfone groups is 1. The van der Waals surface area contributed by atoms with Crippen molar-refractivity contribution in [2.24, 2.45) is 5.92 Å². The van der Waals surface area contributed by atoms with Crippen LogP contribution in [0.1, 0.15) is 46.4 Å². The Labute approximate surface area is 244 Å². The Balaban J connectivity index is 0.000000228. The van der Waals surface area contributed by atoms with Gasteiger partial charge < -0.3 is 10.2 Å². The Morgan fingerprint density at radius 2 is 1.68 bits per heavy atom. The molecule has 6 rings (SSSR count). The van der Waals surface area contributed by atoms with Crippen LogP contribution in [0.3, 0.4) is 0 Å². The molecule has 2 saturated carbocycles. The van der Waals surface area contributed by atoms with Crippen molar-refractivity contribution < 1.29 is 23.4 Å². The lowest BCUT2D eigenvalue weighted by atomic mass is 9.88. The van der Waals surface area contributed by atoms with Crippen molar-refractivity contribution in [1.82, 2.24) is 10.3 Å². The molecule has 0 unspecified atom stereocenters. The maximum atomic E-state index is 13.9. The summed E-state index contributed by atoms with van der Waals surface area (Å²) in [6.45, 7) is 0.970. The van der Waals surface area contributed by atoms with Crippen LogP contribution in [0.4, 0.5) is 14.5 Å². The summed E-state index contributed by atoms with van der Waals surface area (Å²) < 4.78 is 51.0. The largest absolute Gasteiger partial charge is 0.369 e. The minimum absolute atomic E-state index is 0. The van der Waals surface area contributed by atoms with E-state index in [1.807, 2.05) is 29.2 Å². The zero-order valence-electron chi connectivity index (χ0n) is 22.6. The van der Waals surface area contributed by atoms with Gasteiger partial charge in [-0.15, -0.1) is 11.3 Å². The number of carbonyl (C=O) groups is 1. The Kier molecular flexibility index (Phi) is 8.71. The summed E-state index contributed by atoms with van der Waals surface area (Å²) in [5, 5.41) is 12.0. The highest BCUT2D eigenvalue weighted by Gasteiger charge is 2.45. The average Bonchev–Trinajstić information content (AvgIpc) is 3.58. The lowest BCUT2D eigenvalue weighted by Gasteiger charge is -2.28. The number of nitriles is 1. The first-order chi connectivity index (χ1) is 19.7. The highest BCUT2D eigenvalue weighted by atomic mass is 32.2. The van der Waals surface area contributed by atoms with Crippen LogP contribution in [0.5, 0.6) is 0 Å². The van der Waals surface area contributed by atoms with Crippen LogP contribution in [-0.2, 0) is 14.6 Å². The summed E-state index contributed by atoms with van der Waals surface area (Å²) >= 11 is 1.22. The Morgan fingerprint density at radius 3 is 2.27 bits per heavy atom. The highest BCUT2D eigenvalue weighted by Crippen LogP contribution is 2.36. The first kappa shape index (κ1) is 29.1. The second-order valence-electron chi connectivity index (χ2n) is 10.8. The lowest BCUT2D eigenvalue weighted by molar-refractivity contribution is -0.126. The van der Waals surface area contributed by atoms with Gasteiger partial charge in [-0.05, 0) is 55.5 Å². The van der Waals surface area contributed by atoms with Crippen LogP contribution in [0.25, 0.3) is 21.0 Å². The smallest absolute Gasteiger partial charge is 0.224 e. The average molecular weight is 601 g/mol. The number of thiazole rings is 1. The van der Waals surface area contributed by atoms with Crippen molar-refractivity contribution in [3.05, 3.63) is 60.3 Å². The number of hydrogen-bond acceptors (Lipinski definition) is 7. The Morgan fingerprint density at radius 1 is 1.05 bits per heavy atom. The molecule has 41 heavy (non-hydrogen) atoms. The molecule has 3 aromatic rings. The summed E-state index contributed by atoms with van der Waals surface area (Å²) in [6.07, 6.45) is 8.88. The molecule has 3 aliphatic rings. The van der Waals surface area contributed by atoms with E-state index in [0.717, 1.165) is 54.7 Å². The molecule has 1 aliphatic heterocycles. The number of hydrogen-bond donors (Lipinski definition) is 1. The molecule has 0 spiro atoms. The second-order valence-corrected chi connectivity index (χ2v) is 14.2. The number of rotatable bonds is 5. The standard InChI is InChI=1S/C19H16F2N2O2S2.C11H16N2O.H2/c20-15-2-1-3-16(21)18(15)19-22-12-17(26-19)13-4-6-14(7-5-13)23-8-10-27(24,25)11-9-23;12-8-11(6-7-11)13-10(14)9-4-2-1-3-5-9;/h1-7,12H,8-11H2;9H,1-7H2,(H,13,14);1H. The summed E-state index contributed by atoms with van der Waals surface area (Å²) in [5.74, 6) is -0.640. The van der Waals surface area contributed by atoms with Gasteiger partial charge in [0.2, 0.25) is 5.91 Å². The van der Waals surface area contributed by atoms with E-state index >= 15 is 0 Å². The Bertz CT molecular complexity index is 1510. The van der Waals surface area contributed by atoms with E-state index in [4.69, 9.17) is 5.26 Å². The molecule has 0 bridgehead atoms. The maximum Gasteiger partial charge on any atom is 0.224 e. The van der Waals surface area contributed by atoms with Crippen LogP contribution in [0.15, 0.2) is 48.7 Å². The first-order valence-corrected chi connectivity index (χ1v) is 16.5. The van der Waals surface area contributed by atoms with E-state index in [9.17, 15) is 22.0 Å². The quantitative estimate of drug-likeness (QED) is 0.387. The third kappa shape index (κ3) is 7.11. The summed E-state index contributed by atoms with van der Waals surface area (Å²) in [7, 11) is -2.92. The van der Waals surface area contributed by atoms with E-state index < -0.39 is 27.0 Å². The molecule has 0 atom stereocenters. The number of benzene rings is 2. The molecule has 2 aromatic carbocycles. The van der Waals surface area contributed by atoms with Gasteiger partial charge in [-0.25, -0.2) is 22.2 Å². The summed E-state index contributed by atoms with van der Waals surface area (Å²) in [5.41, 5.74) is 1.26. The SMILES string of the molecule is N#CC1(NC(=O)C2CCCCC2)CC1.O=S1(=O)CCN(c2ccc(-c3cnc(-c4c(F)cccc4F)s3)cc2)CC1.[HH]. The van der Waals surface area contributed by atoms with Gasteiger partial charge in [-0.3, -0.25) is 4.79 Å². The van der Waals surface area contributed by atoms with Crippen LogP contribution in [0, 0.1) is 28.9 Å². The van der Waals surface area contributed by atoms with Crippen LogP contribution in [0.2, 0.25) is 0 Å². The summed E-state index contributed by atoms with van der Waals surface area (Å²) in [4.78, 5) is 18.8. The molecule has 0 radical (unpaired) electrons. The normalized spacial score (nSPS) is 19.4. The van der Waals surface area contributed by atoms with Gasteiger partial charge in [0.15, 0.2) is 9.84 Å². The minimum atomic E-state index is -2.92. The van der Waals surface area contributed by atoms with E-state index in [-0.39, 0.29) is 30.3 Å². The molecular formula is C30H34F2N4O3S2. The number of anilines is 1. The van der Waals surface area contributed by atoms with Crippen LogP contribution >= 0.6 is 11.3 Å².